The average Bonchev–Trinajstić information content (AvgIpc) is 2.66. The third-order valence-electron chi connectivity index (χ3n) is 3.73. The van der Waals surface area contributed by atoms with Crippen LogP contribution in [0.4, 0.5) is 5.69 Å². The van der Waals surface area contributed by atoms with E-state index in [0.717, 1.165) is 11.3 Å². The first-order valence-electron chi connectivity index (χ1n) is 8.38. The zero-order valence-electron chi connectivity index (χ0n) is 14.7. The molecule has 0 spiro atoms. The average molecular weight is 348 g/mol. The van der Waals surface area contributed by atoms with E-state index in [2.05, 4.69) is 10.3 Å². The molecule has 0 aliphatic carbocycles. The fourth-order valence-corrected chi connectivity index (χ4v) is 2.46. The maximum Gasteiger partial charge on any atom is 0.255 e. The van der Waals surface area contributed by atoms with Gasteiger partial charge in [0, 0.05) is 23.6 Å². The molecule has 0 aliphatic rings. The largest absolute Gasteiger partial charge is 0.494 e. The van der Waals surface area contributed by atoms with Crippen molar-refractivity contribution in [3.8, 4) is 17.2 Å². The van der Waals surface area contributed by atoms with Gasteiger partial charge in [0.2, 0.25) is 0 Å². The van der Waals surface area contributed by atoms with Gasteiger partial charge in [-0.2, -0.15) is 0 Å². The highest BCUT2D eigenvalue weighted by atomic mass is 16.5. The van der Waals surface area contributed by atoms with Gasteiger partial charge in [-0.1, -0.05) is 0 Å². The number of amides is 1. The second-order valence-electron chi connectivity index (χ2n) is 5.68. The smallest absolute Gasteiger partial charge is 0.255 e. The number of hydrogen-bond donors (Lipinski definition) is 1. The van der Waals surface area contributed by atoms with Crippen molar-refractivity contribution in [2.45, 2.75) is 13.8 Å². The number of aromatic nitrogens is 1. The van der Waals surface area contributed by atoms with Crippen LogP contribution in [0.3, 0.4) is 0 Å². The number of pyridine rings is 1. The minimum absolute atomic E-state index is 0.168. The lowest BCUT2D eigenvalue weighted by molar-refractivity contribution is 0.102. The van der Waals surface area contributed by atoms with Crippen molar-refractivity contribution in [1.82, 2.24) is 4.98 Å². The number of hydrogen-bond acceptors (Lipinski definition) is 4. The molecule has 132 valence electrons. The van der Waals surface area contributed by atoms with E-state index in [1.165, 1.54) is 0 Å². The van der Waals surface area contributed by atoms with E-state index in [9.17, 15) is 4.79 Å². The van der Waals surface area contributed by atoms with Crippen molar-refractivity contribution in [3.05, 3.63) is 78.1 Å². The molecular weight excluding hydrogens is 328 g/mol. The van der Waals surface area contributed by atoms with Crippen LogP contribution in [0.15, 0.2) is 67.0 Å². The molecule has 1 heterocycles. The third kappa shape index (κ3) is 4.39. The SMILES string of the molecule is CCOc1ccc(C(=O)Nc2ccc(Oc3ccncc3)cc2)cc1C. The van der Waals surface area contributed by atoms with Crippen molar-refractivity contribution in [1.29, 1.82) is 0 Å². The molecule has 0 atom stereocenters. The van der Waals surface area contributed by atoms with Gasteiger partial charge in [-0.3, -0.25) is 9.78 Å². The Hall–Kier alpha value is -3.34. The summed E-state index contributed by atoms with van der Waals surface area (Å²) in [4.78, 5) is 16.4. The lowest BCUT2D eigenvalue weighted by atomic mass is 10.1. The van der Waals surface area contributed by atoms with Gasteiger partial charge < -0.3 is 14.8 Å². The summed E-state index contributed by atoms with van der Waals surface area (Å²) in [5.41, 5.74) is 2.22. The van der Waals surface area contributed by atoms with Crippen molar-refractivity contribution < 1.29 is 14.3 Å². The maximum atomic E-state index is 12.4. The molecule has 2 aromatic carbocycles. The number of nitrogens with zero attached hydrogens (tertiary/aromatic N) is 1. The van der Waals surface area contributed by atoms with Gasteiger partial charge in [0.05, 0.1) is 6.61 Å². The van der Waals surface area contributed by atoms with Crippen LogP contribution in [0.1, 0.15) is 22.8 Å². The Balaban J connectivity index is 1.65. The quantitative estimate of drug-likeness (QED) is 0.693. The van der Waals surface area contributed by atoms with Gasteiger partial charge in [-0.25, -0.2) is 0 Å². The molecule has 3 aromatic rings. The number of carbonyl (C=O) groups excluding carboxylic acids is 1. The number of carbonyl (C=O) groups is 1. The minimum atomic E-state index is -0.168. The predicted octanol–water partition coefficient (Wildman–Crippen LogP) is 4.83. The second kappa shape index (κ2) is 8.16. The molecule has 1 aromatic heterocycles. The van der Waals surface area contributed by atoms with Gasteiger partial charge in [0.15, 0.2) is 0 Å². The fourth-order valence-electron chi connectivity index (χ4n) is 2.46. The normalized spacial score (nSPS) is 10.2. The molecule has 5 heteroatoms. The van der Waals surface area contributed by atoms with Crippen molar-refractivity contribution in [2.24, 2.45) is 0 Å². The van der Waals surface area contributed by atoms with E-state index in [4.69, 9.17) is 9.47 Å². The van der Waals surface area contributed by atoms with E-state index >= 15 is 0 Å². The first-order chi connectivity index (χ1) is 12.7. The number of nitrogens with one attached hydrogen (secondary N) is 1. The molecule has 1 amide bonds. The number of ether oxygens (including phenoxy) is 2. The van der Waals surface area contributed by atoms with Crippen LogP contribution in [0.5, 0.6) is 17.2 Å². The predicted molar refractivity (Wildman–Crippen MR) is 101 cm³/mol. The van der Waals surface area contributed by atoms with Crippen molar-refractivity contribution >= 4 is 11.6 Å². The highest BCUT2D eigenvalue weighted by molar-refractivity contribution is 6.04. The van der Waals surface area contributed by atoms with Gasteiger partial charge in [0.25, 0.3) is 5.91 Å². The number of aryl methyl sites for hydroxylation is 1. The van der Waals surface area contributed by atoms with Gasteiger partial charge in [-0.15, -0.1) is 0 Å². The first kappa shape index (κ1) is 17.5. The second-order valence-corrected chi connectivity index (χ2v) is 5.68. The van der Waals surface area contributed by atoms with Crippen LogP contribution >= 0.6 is 0 Å². The van der Waals surface area contributed by atoms with Gasteiger partial charge >= 0.3 is 0 Å². The molecule has 0 saturated heterocycles. The molecular formula is C21H20N2O3. The van der Waals surface area contributed by atoms with Crippen LogP contribution in [0.2, 0.25) is 0 Å². The Bertz CT molecular complexity index is 878. The zero-order chi connectivity index (χ0) is 18.4. The summed E-state index contributed by atoms with van der Waals surface area (Å²) in [7, 11) is 0. The van der Waals surface area contributed by atoms with E-state index in [1.807, 2.05) is 26.0 Å². The number of benzene rings is 2. The van der Waals surface area contributed by atoms with Gasteiger partial charge in [0.1, 0.15) is 17.2 Å². The summed E-state index contributed by atoms with van der Waals surface area (Å²) in [5.74, 6) is 2.02. The summed E-state index contributed by atoms with van der Waals surface area (Å²) in [6.45, 7) is 4.45. The summed E-state index contributed by atoms with van der Waals surface area (Å²) < 4.78 is 11.2. The van der Waals surface area contributed by atoms with Crippen LogP contribution in [0.25, 0.3) is 0 Å². The number of anilines is 1. The van der Waals surface area contributed by atoms with Crippen LogP contribution in [-0.4, -0.2) is 17.5 Å². The summed E-state index contributed by atoms with van der Waals surface area (Å²) in [6.07, 6.45) is 3.34. The lowest BCUT2D eigenvalue weighted by Gasteiger charge is -2.10. The van der Waals surface area contributed by atoms with E-state index in [1.54, 1.807) is 54.9 Å². The molecule has 3 rings (SSSR count). The monoisotopic (exact) mass is 348 g/mol. The zero-order valence-corrected chi connectivity index (χ0v) is 14.7. The Morgan fingerprint density at radius 3 is 2.35 bits per heavy atom. The van der Waals surface area contributed by atoms with E-state index < -0.39 is 0 Å². The molecule has 5 nitrogen and oxygen atoms in total. The van der Waals surface area contributed by atoms with Gasteiger partial charge in [-0.05, 0) is 74.0 Å². The summed E-state index contributed by atoms with van der Waals surface area (Å²) >= 11 is 0. The fraction of sp³-hybridized carbons (Fsp3) is 0.143. The highest BCUT2D eigenvalue weighted by Gasteiger charge is 2.09. The Morgan fingerprint density at radius 1 is 1.00 bits per heavy atom. The molecule has 0 radical (unpaired) electrons. The molecule has 0 fully saturated rings. The van der Waals surface area contributed by atoms with Crippen LogP contribution < -0.4 is 14.8 Å². The molecule has 0 bridgehead atoms. The van der Waals surface area contributed by atoms with E-state index in [0.29, 0.717) is 29.4 Å². The van der Waals surface area contributed by atoms with Crippen molar-refractivity contribution in [2.75, 3.05) is 11.9 Å². The summed E-state index contributed by atoms with van der Waals surface area (Å²) in [5, 5.41) is 2.88. The third-order valence-corrected chi connectivity index (χ3v) is 3.73. The number of rotatable bonds is 6. The molecule has 1 N–H and O–H groups in total. The Kier molecular flexibility index (Phi) is 5.49. The lowest BCUT2D eigenvalue weighted by Crippen LogP contribution is -2.12. The first-order valence-corrected chi connectivity index (χ1v) is 8.38. The van der Waals surface area contributed by atoms with E-state index in [-0.39, 0.29) is 5.91 Å². The van der Waals surface area contributed by atoms with Crippen LogP contribution in [0, 0.1) is 6.92 Å². The topological polar surface area (TPSA) is 60.5 Å². The Labute approximate surface area is 152 Å². The summed E-state index contributed by atoms with van der Waals surface area (Å²) in [6, 6.07) is 16.2. The standard InChI is InChI=1S/C21H20N2O3/c1-3-25-20-9-4-16(14-15(20)2)21(24)23-17-5-7-18(8-6-17)26-19-10-12-22-13-11-19/h4-14H,3H2,1-2H3,(H,23,24). The molecule has 26 heavy (non-hydrogen) atoms. The highest BCUT2D eigenvalue weighted by Crippen LogP contribution is 2.23. The van der Waals surface area contributed by atoms with Crippen LogP contribution in [-0.2, 0) is 0 Å². The molecule has 0 unspecified atom stereocenters. The Morgan fingerprint density at radius 2 is 1.69 bits per heavy atom. The molecule has 0 saturated carbocycles. The van der Waals surface area contributed by atoms with Crippen molar-refractivity contribution in [3.63, 3.8) is 0 Å². The minimum Gasteiger partial charge on any atom is -0.494 e. The molecule has 0 aliphatic heterocycles. The maximum absolute atomic E-state index is 12.4.